The van der Waals surface area contributed by atoms with Crippen LogP contribution < -0.4 is 0 Å². The minimum absolute atomic E-state index is 0.223. The van der Waals surface area contributed by atoms with Gasteiger partial charge in [-0.1, -0.05) is 34.6 Å². The Bertz CT molecular complexity index is 348. The lowest BCUT2D eigenvalue weighted by molar-refractivity contribution is -0.142. The smallest absolute Gasteiger partial charge is 0.227 e. The number of hydrogen-bond acceptors (Lipinski definition) is 1. The standard InChI is InChI=1S/C19H35NO/c1-15(2)14-16-6-8-19(9-7-16)10-12-20(13-11-19)17(21)18(3,4)5/h15-16H,6-14H2,1-5H3. The normalized spacial score (nSPS) is 23.8. The maximum atomic E-state index is 12.4. The van der Waals surface area contributed by atoms with Crippen LogP contribution in [0.15, 0.2) is 0 Å². The summed E-state index contributed by atoms with van der Waals surface area (Å²) in [4.78, 5) is 14.5. The van der Waals surface area contributed by atoms with Crippen LogP contribution in [0, 0.1) is 22.7 Å². The summed E-state index contributed by atoms with van der Waals surface area (Å²) in [6.07, 6.45) is 9.54. The molecular weight excluding hydrogens is 258 g/mol. The topological polar surface area (TPSA) is 20.3 Å². The second-order valence-corrected chi connectivity index (χ2v) is 9.12. The van der Waals surface area contributed by atoms with Gasteiger partial charge in [-0.3, -0.25) is 4.79 Å². The molecule has 2 heteroatoms. The van der Waals surface area contributed by atoms with Crippen molar-refractivity contribution < 1.29 is 4.79 Å². The maximum Gasteiger partial charge on any atom is 0.227 e. The van der Waals surface area contributed by atoms with Gasteiger partial charge in [-0.05, 0) is 62.2 Å². The van der Waals surface area contributed by atoms with E-state index in [0.717, 1.165) is 24.9 Å². The van der Waals surface area contributed by atoms with E-state index in [1.54, 1.807) is 0 Å². The van der Waals surface area contributed by atoms with Crippen LogP contribution in [0.25, 0.3) is 0 Å². The van der Waals surface area contributed by atoms with Gasteiger partial charge in [0.1, 0.15) is 0 Å². The van der Waals surface area contributed by atoms with Gasteiger partial charge in [0, 0.05) is 18.5 Å². The van der Waals surface area contributed by atoms with Crippen LogP contribution in [0.1, 0.15) is 79.6 Å². The van der Waals surface area contributed by atoms with Crippen LogP contribution in [-0.4, -0.2) is 23.9 Å². The second-order valence-electron chi connectivity index (χ2n) is 9.12. The number of carbonyl (C=O) groups excluding carboxylic acids is 1. The summed E-state index contributed by atoms with van der Waals surface area (Å²) in [6.45, 7) is 12.8. The van der Waals surface area contributed by atoms with E-state index in [1.165, 1.54) is 44.9 Å². The van der Waals surface area contributed by atoms with Crippen LogP contribution in [0.5, 0.6) is 0 Å². The fourth-order valence-corrected chi connectivity index (χ4v) is 4.35. The number of amides is 1. The van der Waals surface area contributed by atoms with Gasteiger partial charge in [0.15, 0.2) is 0 Å². The first-order valence-corrected chi connectivity index (χ1v) is 9.01. The number of likely N-dealkylation sites (tertiary alicyclic amines) is 1. The SMILES string of the molecule is CC(C)CC1CCC2(CC1)CCN(C(=O)C(C)(C)C)CC2. The first-order chi connectivity index (χ1) is 9.72. The molecule has 1 aliphatic heterocycles. The van der Waals surface area contributed by atoms with Gasteiger partial charge in [0.2, 0.25) is 5.91 Å². The minimum Gasteiger partial charge on any atom is -0.342 e. The lowest BCUT2D eigenvalue weighted by atomic mass is 9.64. The van der Waals surface area contributed by atoms with Crippen molar-refractivity contribution in [2.45, 2.75) is 79.6 Å². The summed E-state index contributed by atoms with van der Waals surface area (Å²) in [5.74, 6) is 2.14. The summed E-state index contributed by atoms with van der Waals surface area (Å²) < 4.78 is 0. The quantitative estimate of drug-likeness (QED) is 0.710. The molecule has 1 aliphatic carbocycles. The molecule has 0 N–H and O–H groups in total. The van der Waals surface area contributed by atoms with Crippen molar-refractivity contribution in [2.75, 3.05) is 13.1 Å². The van der Waals surface area contributed by atoms with Gasteiger partial charge < -0.3 is 4.90 Å². The molecule has 0 unspecified atom stereocenters. The Morgan fingerprint density at radius 2 is 1.62 bits per heavy atom. The van der Waals surface area contributed by atoms with Crippen molar-refractivity contribution in [3.8, 4) is 0 Å². The van der Waals surface area contributed by atoms with Crippen LogP contribution in [-0.2, 0) is 4.79 Å². The predicted octanol–water partition coefficient (Wildman–Crippen LogP) is 4.88. The zero-order valence-corrected chi connectivity index (χ0v) is 14.9. The van der Waals surface area contributed by atoms with Crippen LogP contribution in [0.2, 0.25) is 0 Å². The molecule has 0 bridgehead atoms. The lowest BCUT2D eigenvalue weighted by Crippen LogP contribution is -2.48. The Hall–Kier alpha value is -0.530. The number of nitrogens with zero attached hydrogens (tertiary/aromatic N) is 1. The van der Waals surface area contributed by atoms with E-state index in [-0.39, 0.29) is 5.41 Å². The summed E-state index contributed by atoms with van der Waals surface area (Å²) in [5.41, 5.74) is 0.349. The van der Waals surface area contributed by atoms with Gasteiger partial charge in [0.25, 0.3) is 0 Å². The van der Waals surface area contributed by atoms with Crippen LogP contribution in [0.4, 0.5) is 0 Å². The summed E-state index contributed by atoms with van der Waals surface area (Å²) >= 11 is 0. The highest BCUT2D eigenvalue weighted by Gasteiger charge is 2.40. The molecule has 1 saturated carbocycles. The average molecular weight is 293 g/mol. The third kappa shape index (κ3) is 4.23. The molecule has 0 atom stereocenters. The van der Waals surface area contributed by atoms with E-state index in [2.05, 4.69) is 18.7 Å². The molecule has 2 fully saturated rings. The third-order valence-corrected chi connectivity index (χ3v) is 5.72. The fraction of sp³-hybridized carbons (Fsp3) is 0.947. The predicted molar refractivity (Wildman–Crippen MR) is 89.1 cm³/mol. The Labute approximate surface area is 131 Å². The van der Waals surface area contributed by atoms with Crippen molar-refractivity contribution in [1.29, 1.82) is 0 Å². The van der Waals surface area contributed by atoms with Crippen molar-refractivity contribution in [3.63, 3.8) is 0 Å². The Kier molecular flexibility index (Phi) is 5.05. The zero-order valence-electron chi connectivity index (χ0n) is 14.9. The molecule has 2 nitrogen and oxygen atoms in total. The Balaban J connectivity index is 1.83. The van der Waals surface area contributed by atoms with E-state index < -0.39 is 0 Å². The summed E-state index contributed by atoms with van der Waals surface area (Å²) in [5, 5.41) is 0. The van der Waals surface area contributed by atoms with E-state index in [9.17, 15) is 4.79 Å². The summed E-state index contributed by atoms with van der Waals surface area (Å²) in [6, 6.07) is 0. The molecular formula is C19H35NO. The van der Waals surface area contributed by atoms with E-state index >= 15 is 0 Å². The lowest BCUT2D eigenvalue weighted by Gasteiger charge is -2.47. The Morgan fingerprint density at radius 3 is 2.05 bits per heavy atom. The second kappa shape index (κ2) is 6.30. The maximum absolute atomic E-state index is 12.4. The van der Waals surface area contributed by atoms with E-state index in [4.69, 9.17) is 0 Å². The molecule has 0 aromatic heterocycles. The van der Waals surface area contributed by atoms with Crippen LogP contribution >= 0.6 is 0 Å². The van der Waals surface area contributed by atoms with E-state index in [0.29, 0.717) is 11.3 Å². The van der Waals surface area contributed by atoms with E-state index in [1.807, 2.05) is 20.8 Å². The fourth-order valence-electron chi connectivity index (χ4n) is 4.35. The van der Waals surface area contributed by atoms with Crippen molar-refractivity contribution in [1.82, 2.24) is 4.90 Å². The van der Waals surface area contributed by atoms with Gasteiger partial charge in [-0.25, -0.2) is 0 Å². The monoisotopic (exact) mass is 293 g/mol. The van der Waals surface area contributed by atoms with Crippen molar-refractivity contribution >= 4 is 5.91 Å². The Morgan fingerprint density at radius 1 is 1.10 bits per heavy atom. The first kappa shape index (κ1) is 16.8. The molecule has 1 saturated heterocycles. The molecule has 0 aromatic rings. The summed E-state index contributed by atoms with van der Waals surface area (Å²) in [7, 11) is 0. The number of hydrogen-bond donors (Lipinski definition) is 0. The number of rotatable bonds is 2. The molecule has 21 heavy (non-hydrogen) atoms. The van der Waals surface area contributed by atoms with Crippen molar-refractivity contribution in [3.05, 3.63) is 0 Å². The largest absolute Gasteiger partial charge is 0.342 e. The molecule has 1 amide bonds. The minimum atomic E-state index is -0.223. The highest BCUT2D eigenvalue weighted by Crippen LogP contribution is 2.47. The van der Waals surface area contributed by atoms with Gasteiger partial charge in [-0.2, -0.15) is 0 Å². The molecule has 1 spiro atoms. The van der Waals surface area contributed by atoms with Gasteiger partial charge in [-0.15, -0.1) is 0 Å². The first-order valence-electron chi connectivity index (χ1n) is 9.01. The number of piperidine rings is 1. The van der Waals surface area contributed by atoms with Gasteiger partial charge >= 0.3 is 0 Å². The highest BCUT2D eigenvalue weighted by atomic mass is 16.2. The third-order valence-electron chi connectivity index (χ3n) is 5.72. The van der Waals surface area contributed by atoms with Crippen LogP contribution in [0.3, 0.4) is 0 Å². The zero-order chi connectivity index (χ0) is 15.7. The van der Waals surface area contributed by atoms with Gasteiger partial charge in [0.05, 0.1) is 0 Å². The molecule has 2 aliphatic rings. The molecule has 122 valence electrons. The molecule has 1 heterocycles. The highest BCUT2D eigenvalue weighted by molar-refractivity contribution is 5.81. The molecule has 0 aromatic carbocycles. The number of carbonyl (C=O) groups is 1. The average Bonchev–Trinajstić information content (AvgIpc) is 2.40. The molecule has 2 rings (SSSR count). The molecule has 0 radical (unpaired) electrons. The van der Waals surface area contributed by atoms with Crippen molar-refractivity contribution in [2.24, 2.45) is 22.7 Å².